The Kier molecular flexibility index (Phi) is 3.28. The van der Waals surface area contributed by atoms with Crippen LogP contribution in [0.2, 0.25) is 0 Å². The molecule has 0 aliphatic heterocycles. The van der Waals surface area contributed by atoms with Crippen molar-refractivity contribution >= 4 is 18.4 Å². The van der Waals surface area contributed by atoms with Crippen molar-refractivity contribution in [1.29, 1.82) is 0 Å². The minimum atomic E-state index is -0.966. The molecule has 0 atom stereocenters. The molecule has 0 aliphatic carbocycles. The maximum absolute atomic E-state index is 10.8. The lowest BCUT2D eigenvalue weighted by Crippen LogP contribution is -2.47. The topological polar surface area (TPSA) is 49.3 Å². The van der Waals surface area contributed by atoms with Gasteiger partial charge in [-0.3, -0.25) is 4.79 Å². The Morgan fingerprint density at radius 1 is 1.46 bits per heavy atom. The van der Waals surface area contributed by atoms with E-state index >= 15 is 0 Å². The normalized spacial score (nSPS) is 9.00. The SMILES string of the molecule is C=CC(=O)NB(O)c1ccccc1. The number of carbonyl (C=O) groups excluding carboxylic acids is 1. The molecule has 1 rings (SSSR count). The Balaban J connectivity index is 2.63. The van der Waals surface area contributed by atoms with E-state index in [4.69, 9.17) is 0 Å². The van der Waals surface area contributed by atoms with Gasteiger partial charge in [0.25, 0.3) is 0 Å². The average molecular weight is 175 g/mol. The first kappa shape index (κ1) is 9.54. The van der Waals surface area contributed by atoms with E-state index in [2.05, 4.69) is 11.8 Å². The third kappa shape index (κ3) is 2.76. The molecule has 0 unspecified atom stereocenters. The molecule has 0 fully saturated rings. The minimum Gasteiger partial charge on any atom is -0.429 e. The van der Waals surface area contributed by atoms with Gasteiger partial charge < -0.3 is 10.3 Å². The van der Waals surface area contributed by atoms with E-state index in [0.29, 0.717) is 5.46 Å². The van der Waals surface area contributed by atoms with Crippen molar-refractivity contribution in [1.82, 2.24) is 5.23 Å². The van der Waals surface area contributed by atoms with E-state index in [1.165, 1.54) is 0 Å². The van der Waals surface area contributed by atoms with Crippen LogP contribution in [-0.4, -0.2) is 18.0 Å². The predicted molar refractivity (Wildman–Crippen MR) is 52.4 cm³/mol. The summed E-state index contributed by atoms with van der Waals surface area (Å²) >= 11 is 0. The van der Waals surface area contributed by atoms with Gasteiger partial charge in [0.2, 0.25) is 5.91 Å². The Morgan fingerprint density at radius 2 is 2.08 bits per heavy atom. The van der Waals surface area contributed by atoms with Crippen LogP contribution in [0, 0.1) is 0 Å². The van der Waals surface area contributed by atoms with Crippen molar-refractivity contribution in [3.63, 3.8) is 0 Å². The fourth-order valence-corrected chi connectivity index (χ4v) is 0.912. The summed E-state index contributed by atoms with van der Waals surface area (Å²) in [5.41, 5.74) is 0.651. The van der Waals surface area contributed by atoms with E-state index in [1.807, 2.05) is 6.07 Å². The zero-order chi connectivity index (χ0) is 9.68. The lowest BCUT2D eigenvalue weighted by Gasteiger charge is -2.05. The molecule has 3 nitrogen and oxygen atoms in total. The molecule has 0 bridgehead atoms. The van der Waals surface area contributed by atoms with Gasteiger partial charge in [0.05, 0.1) is 0 Å². The van der Waals surface area contributed by atoms with Crippen molar-refractivity contribution in [2.24, 2.45) is 0 Å². The van der Waals surface area contributed by atoms with Crippen LogP contribution in [0.1, 0.15) is 0 Å². The van der Waals surface area contributed by atoms with E-state index in [9.17, 15) is 9.82 Å². The maximum atomic E-state index is 10.8. The van der Waals surface area contributed by atoms with Crippen molar-refractivity contribution in [3.8, 4) is 0 Å². The monoisotopic (exact) mass is 175 g/mol. The number of benzene rings is 1. The van der Waals surface area contributed by atoms with Crippen LogP contribution in [0.5, 0.6) is 0 Å². The smallest absolute Gasteiger partial charge is 0.429 e. The van der Waals surface area contributed by atoms with Gasteiger partial charge in [-0.1, -0.05) is 36.9 Å². The fourth-order valence-electron chi connectivity index (χ4n) is 0.912. The van der Waals surface area contributed by atoms with Gasteiger partial charge in [-0.15, -0.1) is 0 Å². The minimum absolute atomic E-state index is 0.392. The number of nitrogens with one attached hydrogen (secondary N) is 1. The second-order valence-electron chi connectivity index (χ2n) is 2.53. The van der Waals surface area contributed by atoms with Gasteiger partial charge in [-0.2, -0.15) is 0 Å². The lowest BCUT2D eigenvalue weighted by molar-refractivity contribution is -0.115. The molecule has 1 aromatic rings. The molecule has 0 aromatic heterocycles. The lowest BCUT2D eigenvalue weighted by atomic mass is 9.74. The summed E-state index contributed by atoms with van der Waals surface area (Å²) in [5.74, 6) is -0.392. The second kappa shape index (κ2) is 4.47. The Labute approximate surface area is 77.2 Å². The van der Waals surface area contributed by atoms with E-state index in [-0.39, 0.29) is 0 Å². The molecule has 0 spiro atoms. The Morgan fingerprint density at radius 3 is 2.62 bits per heavy atom. The zero-order valence-electron chi connectivity index (χ0n) is 7.10. The molecule has 1 aromatic carbocycles. The van der Waals surface area contributed by atoms with Gasteiger partial charge in [0.1, 0.15) is 0 Å². The van der Waals surface area contributed by atoms with E-state index < -0.39 is 13.0 Å². The van der Waals surface area contributed by atoms with Gasteiger partial charge >= 0.3 is 7.05 Å². The highest BCUT2D eigenvalue weighted by Gasteiger charge is 2.15. The molecule has 0 heterocycles. The first-order valence-corrected chi connectivity index (χ1v) is 3.90. The molecular formula is C9H10BNO2. The van der Waals surface area contributed by atoms with Gasteiger partial charge in [-0.05, 0) is 11.5 Å². The number of carbonyl (C=O) groups is 1. The number of rotatable bonds is 3. The van der Waals surface area contributed by atoms with Crippen LogP contribution >= 0.6 is 0 Å². The maximum Gasteiger partial charge on any atom is 0.449 e. The largest absolute Gasteiger partial charge is 0.449 e. The molecule has 0 saturated carbocycles. The fraction of sp³-hybridized carbons (Fsp3) is 0. The van der Waals surface area contributed by atoms with Crippen LogP contribution in [0.15, 0.2) is 43.0 Å². The van der Waals surface area contributed by atoms with Gasteiger partial charge in [0, 0.05) is 0 Å². The first-order chi connectivity index (χ1) is 6.24. The van der Waals surface area contributed by atoms with Gasteiger partial charge in [-0.25, -0.2) is 0 Å². The highest BCUT2D eigenvalue weighted by Crippen LogP contribution is 1.83. The quantitative estimate of drug-likeness (QED) is 0.488. The van der Waals surface area contributed by atoms with E-state index in [1.54, 1.807) is 24.3 Å². The molecule has 13 heavy (non-hydrogen) atoms. The molecular weight excluding hydrogens is 165 g/mol. The number of amides is 1. The van der Waals surface area contributed by atoms with Crippen molar-refractivity contribution in [3.05, 3.63) is 43.0 Å². The summed E-state index contributed by atoms with van der Waals surface area (Å²) in [7, 11) is -0.966. The zero-order valence-corrected chi connectivity index (χ0v) is 7.10. The molecule has 4 heteroatoms. The molecule has 0 aliphatic rings. The predicted octanol–water partition coefficient (Wildman–Crippen LogP) is -0.324. The third-order valence-electron chi connectivity index (χ3n) is 1.58. The van der Waals surface area contributed by atoms with E-state index in [0.717, 1.165) is 6.08 Å². The number of hydrogen-bond donors (Lipinski definition) is 2. The summed E-state index contributed by atoms with van der Waals surface area (Å²) in [6.07, 6.45) is 1.12. The highest BCUT2D eigenvalue weighted by molar-refractivity contribution is 6.66. The van der Waals surface area contributed by atoms with Crippen LogP contribution in [0.4, 0.5) is 0 Å². The van der Waals surface area contributed by atoms with Crippen LogP contribution in [0.3, 0.4) is 0 Å². The molecule has 0 saturated heterocycles. The summed E-state index contributed by atoms with van der Waals surface area (Å²) in [4.78, 5) is 10.8. The number of hydrogen-bond acceptors (Lipinski definition) is 2. The second-order valence-corrected chi connectivity index (χ2v) is 2.53. The van der Waals surface area contributed by atoms with Crippen molar-refractivity contribution < 1.29 is 9.82 Å². The first-order valence-electron chi connectivity index (χ1n) is 3.90. The summed E-state index contributed by atoms with van der Waals surface area (Å²) in [5, 5.41) is 11.8. The third-order valence-corrected chi connectivity index (χ3v) is 1.58. The van der Waals surface area contributed by atoms with Crippen LogP contribution in [-0.2, 0) is 4.79 Å². The van der Waals surface area contributed by atoms with Gasteiger partial charge in [0.15, 0.2) is 0 Å². The molecule has 0 radical (unpaired) electrons. The molecule has 1 amide bonds. The standard InChI is InChI=1S/C9H10BNO2/c1-2-9(12)11-10(13)8-6-4-3-5-7-8/h2-7,13H,1H2,(H,11,12). The van der Waals surface area contributed by atoms with Crippen LogP contribution in [0.25, 0.3) is 0 Å². The summed E-state index contributed by atoms with van der Waals surface area (Å²) in [6.45, 7) is 3.28. The highest BCUT2D eigenvalue weighted by atomic mass is 16.2. The van der Waals surface area contributed by atoms with Crippen LogP contribution < -0.4 is 10.7 Å². The van der Waals surface area contributed by atoms with Crippen molar-refractivity contribution in [2.45, 2.75) is 0 Å². The summed E-state index contributed by atoms with van der Waals surface area (Å²) < 4.78 is 0. The molecule has 2 N–H and O–H groups in total. The molecule has 66 valence electrons. The average Bonchev–Trinajstić information content (AvgIpc) is 2.19. The Bertz CT molecular complexity index is 300. The van der Waals surface area contributed by atoms with Crippen molar-refractivity contribution in [2.75, 3.05) is 0 Å². The summed E-state index contributed by atoms with van der Waals surface area (Å²) in [6, 6.07) is 8.88. The Hall–Kier alpha value is -1.55.